The summed E-state index contributed by atoms with van der Waals surface area (Å²) in [5, 5.41) is 11.5. The number of anilines is 1. The number of aliphatic hydroxyl groups is 1. The first kappa shape index (κ1) is 15.0. The molecule has 4 nitrogen and oxygen atoms in total. The molecule has 18 heavy (non-hydrogen) atoms. The molecule has 0 saturated heterocycles. The van der Waals surface area contributed by atoms with Gasteiger partial charge in [-0.2, -0.15) is 13.2 Å². The second kappa shape index (κ2) is 6.19. The number of hydrogen-bond donors (Lipinski definition) is 2. The number of halogens is 4. The molecule has 1 rings (SSSR count). The molecule has 0 fully saturated rings. The van der Waals surface area contributed by atoms with Crippen LogP contribution in [0.15, 0.2) is 6.33 Å². The Hall–Kier alpha value is -1.08. The molecular formula is C10H13ClF3N3O. The van der Waals surface area contributed by atoms with Crippen molar-refractivity contribution < 1.29 is 18.3 Å². The van der Waals surface area contributed by atoms with Crippen LogP contribution >= 0.6 is 11.6 Å². The van der Waals surface area contributed by atoms with Gasteiger partial charge in [0.15, 0.2) is 6.10 Å². The van der Waals surface area contributed by atoms with Crippen LogP contribution in [-0.4, -0.2) is 33.9 Å². The topological polar surface area (TPSA) is 58.0 Å². The summed E-state index contributed by atoms with van der Waals surface area (Å²) in [4.78, 5) is 7.59. The van der Waals surface area contributed by atoms with Crippen LogP contribution in [0, 0.1) is 0 Å². The smallest absolute Gasteiger partial charge is 0.382 e. The number of nitrogens with zero attached hydrogens (tertiary/aromatic N) is 2. The highest BCUT2D eigenvalue weighted by Gasteiger charge is 2.38. The SMILES string of the molecule is CCCc1c(Cl)ncnc1NCC(O)C(F)(F)F. The average Bonchev–Trinajstić information content (AvgIpc) is 2.28. The van der Waals surface area contributed by atoms with Crippen molar-refractivity contribution in [2.75, 3.05) is 11.9 Å². The molecule has 1 atom stereocenters. The van der Waals surface area contributed by atoms with Crippen LogP contribution in [0.4, 0.5) is 19.0 Å². The maximum Gasteiger partial charge on any atom is 0.416 e. The Morgan fingerprint density at radius 2 is 2.11 bits per heavy atom. The normalized spacial score (nSPS) is 13.4. The van der Waals surface area contributed by atoms with E-state index < -0.39 is 18.8 Å². The third-order valence-corrected chi connectivity index (χ3v) is 2.56. The van der Waals surface area contributed by atoms with Gasteiger partial charge in [0.2, 0.25) is 0 Å². The van der Waals surface area contributed by atoms with E-state index in [2.05, 4.69) is 15.3 Å². The minimum Gasteiger partial charge on any atom is -0.382 e. The van der Waals surface area contributed by atoms with Gasteiger partial charge in [0, 0.05) is 5.56 Å². The highest BCUT2D eigenvalue weighted by Crippen LogP contribution is 2.23. The first-order valence-corrected chi connectivity index (χ1v) is 5.72. The predicted molar refractivity (Wildman–Crippen MR) is 61.6 cm³/mol. The number of hydrogen-bond acceptors (Lipinski definition) is 4. The van der Waals surface area contributed by atoms with E-state index >= 15 is 0 Å². The Balaban J connectivity index is 2.76. The molecule has 0 bridgehead atoms. The van der Waals surface area contributed by atoms with Crippen LogP contribution in [0.3, 0.4) is 0 Å². The van der Waals surface area contributed by atoms with Gasteiger partial charge in [0.25, 0.3) is 0 Å². The van der Waals surface area contributed by atoms with Crippen LogP contribution in [0.2, 0.25) is 5.15 Å². The molecule has 0 saturated carbocycles. The zero-order chi connectivity index (χ0) is 13.8. The lowest BCUT2D eigenvalue weighted by atomic mass is 10.2. The molecule has 0 amide bonds. The minimum absolute atomic E-state index is 0.204. The van der Waals surface area contributed by atoms with Crippen molar-refractivity contribution in [3.63, 3.8) is 0 Å². The first-order valence-electron chi connectivity index (χ1n) is 5.34. The standard InChI is InChI=1S/C10H13ClF3N3O/c1-2-3-6-8(11)16-5-17-9(6)15-4-7(18)10(12,13)14/h5,7,18H,2-4H2,1H3,(H,15,16,17). The molecular weight excluding hydrogens is 271 g/mol. The predicted octanol–water partition coefficient (Wildman–Crippen LogP) is 2.42. The third-order valence-electron chi connectivity index (χ3n) is 2.23. The third kappa shape index (κ3) is 3.99. The average molecular weight is 284 g/mol. The van der Waals surface area contributed by atoms with Crippen molar-refractivity contribution >= 4 is 17.4 Å². The molecule has 1 aromatic rings. The van der Waals surface area contributed by atoms with E-state index in [0.29, 0.717) is 12.0 Å². The quantitative estimate of drug-likeness (QED) is 0.815. The lowest BCUT2D eigenvalue weighted by Gasteiger charge is -2.17. The molecule has 0 spiro atoms. The largest absolute Gasteiger partial charge is 0.416 e. The Labute approximate surface area is 107 Å². The van der Waals surface area contributed by atoms with E-state index in [-0.39, 0.29) is 11.0 Å². The summed E-state index contributed by atoms with van der Waals surface area (Å²) >= 11 is 5.84. The number of alkyl halides is 3. The van der Waals surface area contributed by atoms with Crippen LogP contribution in [-0.2, 0) is 6.42 Å². The fourth-order valence-electron chi connectivity index (χ4n) is 1.32. The fraction of sp³-hybridized carbons (Fsp3) is 0.600. The van der Waals surface area contributed by atoms with Crippen molar-refractivity contribution in [3.8, 4) is 0 Å². The summed E-state index contributed by atoms with van der Waals surface area (Å²) < 4.78 is 36.4. The van der Waals surface area contributed by atoms with Gasteiger partial charge in [-0.1, -0.05) is 24.9 Å². The molecule has 0 aliphatic rings. The van der Waals surface area contributed by atoms with E-state index in [1.165, 1.54) is 0 Å². The van der Waals surface area contributed by atoms with E-state index in [1.807, 2.05) is 6.92 Å². The molecule has 0 aliphatic heterocycles. The van der Waals surface area contributed by atoms with Crippen molar-refractivity contribution in [2.24, 2.45) is 0 Å². The Morgan fingerprint density at radius 1 is 1.44 bits per heavy atom. The summed E-state index contributed by atoms with van der Waals surface area (Å²) in [6.07, 6.45) is -4.65. The Kier molecular flexibility index (Phi) is 5.15. The highest BCUT2D eigenvalue weighted by atomic mass is 35.5. The van der Waals surface area contributed by atoms with E-state index in [9.17, 15) is 13.2 Å². The van der Waals surface area contributed by atoms with Gasteiger partial charge in [0.1, 0.15) is 17.3 Å². The molecule has 0 radical (unpaired) electrons. The van der Waals surface area contributed by atoms with Crippen LogP contribution < -0.4 is 5.32 Å². The van der Waals surface area contributed by atoms with Gasteiger partial charge in [-0.3, -0.25) is 0 Å². The van der Waals surface area contributed by atoms with Gasteiger partial charge in [0.05, 0.1) is 6.54 Å². The molecule has 1 aromatic heterocycles. The maximum absolute atomic E-state index is 12.1. The van der Waals surface area contributed by atoms with Gasteiger partial charge in [-0.05, 0) is 6.42 Å². The zero-order valence-corrected chi connectivity index (χ0v) is 10.4. The summed E-state index contributed by atoms with van der Waals surface area (Å²) in [5.74, 6) is 0.222. The molecule has 8 heteroatoms. The maximum atomic E-state index is 12.1. The minimum atomic E-state index is -4.66. The lowest BCUT2D eigenvalue weighted by molar-refractivity contribution is -0.198. The highest BCUT2D eigenvalue weighted by molar-refractivity contribution is 6.30. The monoisotopic (exact) mass is 283 g/mol. The summed E-state index contributed by atoms with van der Waals surface area (Å²) in [7, 11) is 0. The van der Waals surface area contributed by atoms with E-state index in [1.54, 1.807) is 0 Å². The molecule has 1 unspecified atom stereocenters. The summed E-state index contributed by atoms with van der Waals surface area (Å²) in [5.41, 5.74) is 0.552. The van der Waals surface area contributed by atoms with Crippen LogP contribution in [0.1, 0.15) is 18.9 Å². The Morgan fingerprint density at radius 3 is 2.67 bits per heavy atom. The van der Waals surface area contributed by atoms with Gasteiger partial charge in [-0.15, -0.1) is 0 Å². The van der Waals surface area contributed by atoms with Crippen LogP contribution in [0.5, 0.6) is 0 Å². The number of aromatic nitrogens is 2. The number of nitrogens with one attached hydrogen (secondary N) is 1. The molecule has 2 N–H and O–H groups in total. The second-order valence-corrected chi connectivity index (χ2v) is 4.04. The van der Waals surface area contributed by atoms with Gasteiger partial charge in [-0.25, -0.2) is 9.97 Å². The molecule has 102 valence electrons. The molecule has 0 aliphatic carbocycles. The zero-order valence-electron chi connectivity index (χ0n) is 9.63. The number of rotatable bonds is 5. The van der Waals surface area contributed by atoms with E-state index in [4.69, 9.17) is 16.7 Å². The summed E-state index contributed by atoms with van der Waals surface area (Å²) in [6.45, 7) is 1.23. The fourth-order valence-corrected chi connectivity index (χ4v) is 1.55. The van der Waals surface area contributed by atoms with E-state index in [0.717, 1.165) is 12.7 Å². The van der Waals surface area contributed by atoms with Crippen molar-refractivity contribution in [1.82, 2.24) is 9.97 Å². The lowest BCUT2D eigenvalue weighted by Crippen LogP contribution is -2.35. The molecule has 1 heterocycles. The van der Waals surface area contributed by atoms with Gasteiger partial charge >= 0.3 is 6.18 Å². The summed E-state index contributed by atoms with van der Waals surface area (Å²) in [6, 6.07) is 0. The van der Waals surface area contributed by atoms with Crippen molar-refractivity contribution in [1.29, 1.82) is 0 Å². The van der Waals surface area contributed by atoms with Crippen LogP contribution in [0.25, 0.3) is 0 Å². The first-order chi connectivity index (χ1) is 8.36. The van der Waals surface area contributed by atoms with Crippen molar-refractivity contribution in [3.05, 3.63) is 17.0 Å². The second-order valence-electron chi connectivity index (χ2n) is 3.68. The van der Waals surface area contributed by atoms with Crippen molar-refractivity contribution in [2.45, 2.75) is 32.0 Å². The number of aliphatic hydroxyl groups excluding tert-OH is 1. The van der Waals surface area contributed by atoms with Gasteiger partial charge < -0.3 is 10.4 Å². The molecule has 0 aromatic carbocycles. The Bertz CT molecular complexity index is 400.